The topological polar surface area (TPSA) is 47.6 Å². The van der Waals surface area contributed by atoms with Gasteiger partial charge in [-0.05, 0) is 31.5 Å². The highest BCUT2D eigenvalue weighted by atomic mass is 35.5. The number of rotatable bonds is 7. The Balaban J connectivity index is 2.58. The van der Waals surface area contributed by atoms with E-state index in [1.807, 2.05) is 13.8 Å². The second-order valence-electron chi connectivity index (χ2n) is 3.68. The summed E-state index contributed by atoms with van der Waals surface area (Å²) in [6, 6.07) is 5.16. The van der Waals surface area contributed by atoms with Crippen LogP contribution in [0.15, 0.2) is 18.2 Å². The molecule has 5 heteroatoms. The van der Waals surface area contributed by atoms with E-state index in [-0.39, 0.29) is 12.5 Å². The molecule has 0 aliphatic heterocycles. The Hall–Kier alpha value is -1.26. The summed E-state index contributed by atoms with van der Waals surface area (Å²) < 4.78 is 10.4. The zero-order valence-corrected chi connectivity index (χ0v) is 11.4. The second-order valence-corrected chi connectivity index (χ2v) is 4.09. The third-order valence-electron chi connectivity index (χ3n) is 2.11. The summed E-state index contributed by atoms with van der Waals surface area (Å²) in [5.74, 6) is 0.427. The molecular weight excluding hydrogens is 254 g/mol. The van der Waals surface area contributed by atoms with E-state index >= 15 is 0 Å². The van der Waals surface area contributed by atoms with Crippen molar-refractivity contribution in [3.8, 4) is 5.75 Å². The molecule has 1 N–H and O–H groups in total. The van der Waals surface area contributed by atoms with Gasteiger partial charge in [0, 0.05) is 12.3 Å². The summed E-state index contributed by atoms with van der Waals surface area (Å²) in [5.41, 5.74) is 0.633. The van der Waals surface area contributed by atoms with E-state index in [1.54, 1.807) is 18.2 Å². The van der Waals surface area contributed by atoms with E-state index in [0.29, 0.717) is 29.7 Å². The van der Waals surface area contributed by atoms with E-state index < -0.39 is 0 Å². The fraction of sp³-hybridized carbons (Fsp3) is 0.462. The van der Waals surface area contributed by atoms with Crippen LogP contribution in [0.2, 0.25) is 5.02 Å². The van der Waals surface area contributed by atoms with Gasteiger partial charge in [0.05, 0.1) is 11.6 Å². The van der Waals surface area contributed by atoms with Crippen molar-refractivity contribution >= 4 is 23.2 Å². The third kappa shape index (κ3) is 4.94. The monoisotopic (exact) mass is 271 g/mol. The van der Waals surface area contributed by atoms with E-state index in [9.17, 15) is 4.79 Å². The van der Waals surface area contributed by atoms with Gasteiger partial charge in [-0.3, -0.25) is 4.79 Å². The number of benzene rings is 1. The van der Waals surface area contributed by atoms with Gasteiger partial charge in [0.15, 0.2) is 0 Å². The first-order valence-electron chi connectivity index (χ1n) is 5.97. The van der Waals surface area contributed by atoms with Crippen molar-refractivity contribution in [2.45, 2.75) is 20.3 Å². The molecular formula is C13H18ClNO3. The van der Waals surface area contributed by atoms with Crippen molar-refractivity contribution in [3.63, 3.8) is 0 Å². The van der Waals surface area contributed by atoms with Gasteiger partial charge in [-0.1, -0.05) is 18.5 Å². The van der Waals surface area contributed by atoms with Crippen LogP contribution in [-0.2, 0) is 9.53 Å². The van der Waals surface area contributed by atoms with Gasteiger partial charge in [-0.2, -0.15) is 0 Å². The molecule has 1 aromatic carbocycles. The minimum Gasteiger partial charge on any atom is -0.492 e. The Morgan fingerprint density at radius 2 is 2.17 bits per heavy atom. The number of halogens is 1. The van der Waals surface area contributed by atoms with Crippen LogP contribution in [0.1, 0.15) is 20.3 Å². The predicted molar refractivity (Wildman–Crippen MR) is 72.4 cm³/mol. The Labute approximate surface area is 112 Å². The van der Waals surface area contributed by atoms with Crippen LogP contribution in [0.5, 0.6) is 5.75 Å². The number of hydrogen-bond acceptors (Lipinski definition) is 3. The first-order chi connectivity index (χ1) is 8.67. The average molecular weight is 272 g/mol. The minimum absolute atomic E-state index is 0.0439. The summed E-state index contributed by atoms with van der Waals surface area (Å²) in [5, 5.41) is 3.18. The van der Waals surface area contributed by atoms with Crippen molar-refractivity contribution in [2.24, 2.45) is 0 Å². The zero-order chi connectivity index (χ0) is 13.4. The lowest BCUT2D eigenvalue weighted by atomic mass is 10.3. The van der Waals surface area contributed by atoms with Crippen LogP contribution >= 0.6 is 11.6 Å². The quantitative estimate of drug-likeness (QED) is 0.829. The molecule has 0 bridgehead atoms. The SMILES string of the molecule is CCCOc1ccc(NC(=O)COCC)cc1Cl. The molecule has 1 rings (SSSR count). The molecule has 0 heterocycles. The molecule has 0 saturated carbocycles. The number of ether oxygens (including phenoxy) is 2. The fourth-order valence-corrected chi connectivity index (χ4v) is 1.53. The molecule has 4 nitrogen and oxygen atoms in total. The van der Waals surface area contributed by atoms with Gasteiger partial charge in [0.1, 0.15) is 12.4 Å². The van der Waals surface area contributed by atoms with Gasteiger partial charge >= 0.3 is 0 Å². The van der Waals surface area contributed by atoms with Crippen molar-refractivity contribution in [1.29, 1.82) is 0 Å². The highest BCUT2D eigenvalue weighted by Gasteiger charge is 2.06. The first kappa shape index (κ1) is 14.8. The van der Waals surface area contributed by atoms with Gasteiger partial charge in [-0.25, -0.2) is 0 Å². The van der Waals surface area contributed by atoms with Crippen LogP contribution in [0.25, 0.3) is 0 Å². The predicted octanol–water partition coefficient (Wildman–Crippen LogP) is 3.10. The Morgan fingerprint density at radius 1 is 1.39 bits per heavy atom. The minimum atomic E-state index is -0.199. The van der Waals surface area contributed by atoms with E-state index in [0.717, 1.165) is 6.42 Å². The molecule has 0 aliphatic carbocycles. The summed E-state index contributed by atoms with van der Waals surface area (Å²) in [4.78, 5) is 11.4. The van der Waals surface area contributed by atoms with Crippen LogP contribution in [0.4, 0.5) is 5.69 Å². The van der Waals surface area contributed by atoms with E-state index in [1.165, 1.54) is 0 Å². The highest BCUT2D eigenvalue weighted by Crippen LogP contribution is 2.27. The lowest BCUT2D eigenvalue weighted by Crippen LogP contribution is -2.18. The van der Waals surface area contributed by atoms with Gasteiger partial charge in [0.25, 0.3) is 0 Å². The first-order valence-corrected chi connectivity index (χ1v) is 6.35. The molecule has 0 spiro atoms. The number of carbonyl (C=O) groups is 1. The summed E-state index contributed by atoms with van der Waals surface area (Å²) in [6.07, 6.45) is 0.920. The van der Waals surface area contributed by atoms with Crippen LogP contribution in [0.3, 0.4) is 0 Å². The smallest absolute Gasteiger partial charge is 0.250 e. The molecule has 1 amide bonds. The van der Waals surface area contributed by atoms with Crippen molar-refractivity contribution in [3.05, 3.63) is 23.2 Å². The van der Waals surface area contributed by atoms with Crippen LogP contribution < -0.4 is 10.1 Å². The van der Waals surface area contributed by atoms with Gasteiger partial charge < -0.3 is 14.8 Å². The van der Waals surface area contributed by atoms with E-state index in [2.05, 4.69) is 5.32 Å². The molecule has 0 saturated heterocycles. The fourth-order valence-electron chi connectivity index (χ4n) is 1.30. The summed E-state index contributed by atoms with van der Waals surface area (Å²) >= 11 is 6.05. The molecule has 0 atom stereocenters. The van der Waals surface area contributed by atoms with Crippen molar-refractivity contribution in [1.82, 2.24) is 0 Å². The lowest BCUT2D eigenvalue weighted by molar-refractivity contribution is -0.120. The number of nitrogens with one attached hydrogen (secondary N) is 1. The van der Waals surface area contributed by atoms with Gasteiger partial charge in [0.2, 0.25) is 5.91 Å². The molecule has 0 aromatic heterocycles. The zero-order valence-electron chi connectivity index (χ0n) is 10.7. The molecule has 1 aromatic rings. The maximum Gasteiger partial charge on any atom is 0.250 e. The van der Waals surface area contributed by atoms with Crippen molar-refractivity contribution < 1.29 is 14.3 Å². The molecule has 0 radical (unpaired) electrons. The van der Waals surface area contributed by atoms with E-state index in [4.69, 9.17) is 21.1 Å². The third-order valence-corrected chi connectivity index (χ3v) is 2.41. The number of hydrogen-bond donors (Lipinski definition) is 1. The maximum atomic E-state index is 11.4. The van der Waals surface area contributed by atoms with Gasteiger partial charge in [-0.15, -0.1) is 0 Å². The van der Waals surface area contributed by atoms with Crippen LogP contribution in [0, 0.1) is 0 Å². The number of carbonyl (C=O) groups excluding carboxylic acids is 1. The molecule has 18 heavy (non-hydrogen) atoms. The lowest BCUT2D eigenvalue weighted by Gasteiger charge is -2.09. The molecule has 100 valence electrons. The molecule has 0 unspecified atom stereocenters. The summed E-state index contributed by atoms with van der Waals surface area (Å²) in [6.45, 7) is 5.04. The summed E-state index contributed by atoms with van der Waals surface area (Å²) in [7, 11) is 0. The Bertz CT molecular complexity index is 396. The maximum absolute atomic E-state index is 11.4. The van der Waals surface area contributed by atoms with Crippen molar-refractivity contribution in [2.75, 3.05) is 25.1 Å². The number of anilines is 1. The highest BCUT2D eigenvalue weighted by molar-refractivity contribution is 6.32. The Morgan fingerprint density at radius 3 is 2.78 bits per heavy atom. The Kier molecular flexibility index (Phi) is 6.54. The second kappa shape index (κ2) is 7.95. The number of amides is 1. The molecule has 0 aliphatic rings. The van der Waals surface area contributed by atoms with Crippen LogP contribution in [-0.4, -0.2) is 25.7 Å². The average Bonchev–Trinajstić information content (AvgIpc) is 2.35. The molecule has 0 fully saturated rings. The standard InChI is InChI=1S/C13H18ClNO3/c1-3-7-18-12-6-5-10(8-11(12)14)15-13(16)9-17-4-2/h5-6,8H,3-4,7,9H2,1-2H3,(H,15,16). The normalized spacial score (nSPS) is 10.2. The largest absolute Gasteiger partial charge is 0.492 e.